The summed E-state index contributed by atoms with van der Waals surface area (Å²) < 4.78 is 3.80. The molecule has 0 fully saturated rings. The lowest BCUT2D eigenvalue weighted by atomic mass is 10.2. The fourth-order valence-corrected chi connectivity index (χ4v) is 4.92. The van der Waals surface area contributed by atoms with Gasteiger partial charge in [-0.15, -0.1) is 16.4 Å². The molecule has 0 amide bonds. The van der Waals surface area contributed by atoms with Crippen molar-refractivity contribution in [2.45, 2.75) is 15.9 Å². The van der Waals surface area contributed by atoms with E-state index >= 15 is 0 Å². The maximum atomic E-state index is 6.26. The van der Waals surface area contributed by atoms with E-state index in [0.29, 0.717) is 22.7 Å². The van der Waals surface area contributed by atoms with Crippen LogP contribution in [0.15, 0.2) is 64.2 Å². The van der Waals surface area contributed by atoms with Crippen molar-refractivity contribution in [3.8, 4) is 0 Å². The molecule has 9 heteroatoms. The summed E-state index contributed by atoms with van der Waals surface area (Å²) in [4.78, 5) is 13.4. The Balaban J connectivity index is 1.51. The van der Waals surface area contributed by atoms with Crippen LogP contribution in [-0.4, -0.2) is 29.9 Å². The smallest absolute Gasteiger partial charge is 0.183 e. The van der Waals surface area contributed by atoms with Gasteiger partial charge in [0.2, 0.25) is 0 Å². The largest absolute Gasteiger partial charge is 0.229 e. The minimum absolute atomic E-state index is 0.498. The summed E-state index contributed by atoms with van der Waals surface area (Å²) in [5.74, 6) is 0. The Labute approximate surface area is 167 Å². The first-order valence-electron chi connectivity index (χ1n) is 8.09. The van der Waals surface area contributed by atoms with Gasteiger partial charge in [0.25, 0.3) is 0 Å². The van der Waals surface area contributed by atoms with Crippen LogP contribution in [0, 0.1) is 0 Å². The summed E-state index contributed by atoms with van der Waals surface area (Å²) in [5, 5.41) is 9.98. The number of nitrogens with zero attached hydrogens (tertiary/aromatic N) is 6. The first kappa shape index (κ1) is 16.6. The molecule has 5 aromatic rings. The molecular weight excluding hydrogens is 400 g/mol. The van der Waals surface area contributed by atoms with Gasteiger partial charge < -0.3 is 0 Å². The first-order valence-corrected chi connectivity index (χ1v) is 10.1. The van der Waals surface area contributed by atoms with Gasteiger partial charge in [-0.3, -0.25) is 0 Å². The zero-order chi connectivity index (χ0) is 18.2. The number of hydrogen-bond acceptors (Lipinski definition) is 7. The number of fused-ring (bicyclic) bond motifs is 2. The minimum atomic E-state index is 0.498. The highest BCUT2D eigenvalue weighted by Gasteiger charge is 2.15. The van der Waals surface area contributed by atoms with Crippen molar-refractivity contribution >= 4 is 56.1 Å². The number of rotatable bonds is 4. The summed E-state index contributed by atoms with van der Waals surface area (Å²) in [6.07, 6.45) is 1.53. The number of benzene rings is 2. The summed E-state index contributed by atoms with van der Waals surface area (Å²) >= 11 is 9.38. The van der Waals surface area contributed by atoms with Crippen LogP contribution < -0.4 is 0 Å². The summed E-state index contributed by atoms with van der Waals surface area (Å²) in [6, 6.07) is 15.7. The van der Waals surface area contributed by atoms with E-state index in [-0.39, 0.29) is 0 Å². The molecule has 0 spiro atoms. The monoisotopic (exact) mass is 410 g/mol. The number of aromatic nitrogens is 6. The molecule has 5 rings (SSSR count). The standard InChI is InChI=1S/C18H11ClN6S2/c19-12-6-2-1-5-11(12)9-25-16-15(23-24-25)17(21-10-20-16)27-18-22-13-7-3-4-8-14(13)26-18/h1-8,10H,9H2. The zero-order valence-electron chi connectivity index (χ0n) is 13.8. The molecule has 0 bridgehead atoms. The van der Waals surface area contributed by atoms with Crippen LogP contribution in [0.25, 0.3) is 21.4 Å². The molecule has 27 heavy (non-hydrogen) atoms. The fourth-order valence-electron chi connectivity index (χ4n) is 2.72. The Morgan fingerprint density at radius 2 is 1.89 bits per heavy atom. The number of halogens is 1. The van der Waals surface area contributed by atoms with E-state index in [1.165, 1.54) is 18.1 Å². The van der Waals surface area contributed by atoms with E-state index in [9.17, 15) is 0 Å². The van der Waals surface area contributed by atoms with Crippen LogP contribution in [0.1, 0.15) is 5.56 Å². The summed E-state index contributed by atoms with van der Waals surface area (Å²) in [6.45, 7) is 0.498. The highest BCUT2D eigenvalue weighted by molar-refractivity contribution is 8.01. The maximum absolute atomic E-state index is 6.26. The molecule has 3 heterocycles. The van der Waals surface area contributed by atoms with Crippen molar-refractivity contribution in [3.05, 3.63) is 65.4 Å². The van der Waals surface area contributed by atoms with Crippen LogP contribution >= 0.6 is 34.7 Å². The molecule has 0 aliphatic carbocycles. The van der Waals surface area contributed by atoms with Crippen molar-refractivity contribution < 1.29 is 0 Å². The average molecular weight is 411 g/mol. The van der Waals surface area contributed by atoms with Crippen molar-refractivity contribution in [3.63, 3.8) is 0 Å². The average Bonchev–Trinajstić information content (AvgIpc) is 3.28. The SMILES string of the molecule is Clc1ccccc1Cn1nnc2c(Sc3nc4ccccc4s3)ncnc21. The van der Waals surface area contributed by atoms with E-state index in [0.717, 1.165) is 25.1 Å². The number of thiazole rings is 1. The quantitative estimate of drug-likeness (QED) is 0.400. The molecule has 132 valence electrons. The van der Waals surface area contributed by atoms with Gasteiger partial charge in [-0.2, -0.15) is 0 Å². The molecule has 0 N–H and O–H groups in total. The van der Waals surface area contributed by atoms with Gasteiger partial charge in [0.15, 0.2) is 15.5 Å². The van der Waals surface area contributed by atoms with E-state index in [4.69, 9.17) is 11.6 Å². The molecule has 6 nitrogen and oxygen atoms in total. The zero-order valence-corrected chi connectivity index (χ0v) is 16.2. The molecule has 0 aliphatic rings. The summed E-state index contributed by atoms with van der Waals surface area (Å²) in [5.41, 5.74) is 3.28. The van der Waals surface area contributed by atoms with E-state index in [2.05, 4.69) is 31.3 Å². The normalized spacial score (nSPS) is 11.4. The number of hydrogen-bond donors (Lipinski definition) is 0. The van der Waals surface area contributed by atoms with Crippen molar-refractivity contribution in [2.75, 3.05) is 0 Å². The van der Waals surface area contributed by atoms with Crippen LogP contribution in [0.5, 0.6) is 0 Å². The van der Waals surface area contributed by atoms with Gasteiger partial charge in [0.05, 0.1) is 16.8 Å². The predicted molar refractivity (Wildman–Crippen MR) is 107 cm³/mol. The molecule has 0 saturated carbocycles. The lowest BCUT2D eigenvalue weighted by molar-refractivity contribution is 0.664. The van der Waals surface area contributed by atoms with E-state index < -0.39 is 0 Å². The second-order valence-corrected chi connectivity index (χ2v) is 8.41. The third-order valence-electron chi connectivity index (χ3n) is 4.00. The van der Waals surface area contributed by atoms with Crippen LogP contribution in [0.4, 0.5) is 0 Å². The van der Waals surface area contributed by atoms with Gasteiger partial charge in [-0.1, -0.05) is 47.1 Å². The maximum Gasteiger partial charge on any atom is 0.183 e. The van der Waals surface area contributed by atoms with Crippen molar-refractivity contribution in [1.29, 1.82) is 0 Å². The molecule has 0 aliphatic heterocycles. The van der Waals surface area contributed by atoms with E-state index in [1.807, 2.05) is 42.5 Å². The van der Waals surface area contributed by atoms with Crippen LogP contribution in [0.3, 0.4) is 0 Å². The van der Waals surface area contributed by atoms with Gasteiger partial charge in [0, 0.05) is 5.02 Å². The fraction of sp³-hybridized carbons (Fsp3) is 0.0556. The molecule has 0 unspecified atom stereocenters. The van der Waals surface area contributed by atoms with Crippen LogP contribution in [-0.2, 0) is 6.54 Å². The second kappa shape index (κ2) is 6.88. The summed E-state index contributed by atoms with van der Waals surface area (Å²) in [7, 11) is 0. The van der Waals surface area contributed by atoms with Crippen molar-refractivity contribution in [1.82, 2.24) is 29.9 Å². The topological polar surface area (TPSA) is 69.4 Å². The lowest BCUT2D eigenvalue weighted by Crippen LogP contribution is -2.03. The Kier molecular flexibility index (Phi) is 4.23. The molecule has 0 atom stereocenters. The Bertz CT molecular complexity index is 1230. The molecule has 0 radical (unpaired) electrons. The Morgan fingerprint density at radius 3 is 2.78 bits per heavy atom. The Morgan fingerprint density at radius 1 is 1.04 bits per heavy atom. The predicted octanol–water partition coefficient (Wildman–Crippen LogP) is 4.68. The Hall–Kier alpha value is -2.55. The van der Waals surface area contributed by atoms with Gasteiger partial charge in [0.1, 0.15) is 11.4 Å². The molecular formula is C18H11ClN6S2. The third-order valence-corrected chi connectivity index (χ3v) is 6.46. The van der Waals surface area contributed by atoms with Crippen molar-refractivity contribution in [2.24, 2.45) is 0 Å². The van der Waals surface area contributed by atoms with Crippen LogP contribution in [0.2, 0.25) is 5.02 Å². The second-order valence-electron chi connectivity index (χ2n) is 5.74. The highest BCUT2D eigenvalue weighted by Crippen LogP contribution is 2.35. The van der Waals surface area contributed by atoms with E-state index in [1.54, 1.807) is 16.0 Å². The molecule has 3 aromatic heterocycles. The first-order chi connectivity index (χ1) is 13.3. The minimum Gasteiger partial charge on any atom is -0.229 e. The van der Waals surface area contributed by atoms with Gasteiger partial charge in [-0.25, -0.2) is 19.6 Å². The highest BCUT2D eigenvalue weighted by atomic mass is 35.5. The lowest BCUT2D eigenvalue weighted by Gasteiger charge is -2.04. The van der Waals surface area contributed by atoms with Gasteiger partial charge >= 0.3 is 0 Å². The third kappa shape index (κ3) is 3.16. The number of para-hydroxylation sites is 1. The molecule has 0 saturated heterocycles. The molecule has 2 aromatic carbocycles. The van der Waals surface area contributed by atoms with Gasteiger partial charge in [-0.05, 0) is 35.5 Å².